The van der Waals surface area contributed by atoms with Crippen molar-refractivity contribution in [1.82, 2.24) is 0 Å². The molecule has 48 valence electrons. The maximum Gasteiger partial charge on any atom is 0.0835 e. The topological polar surface area (TPSA) is 32.8 Å². The molecular weight excluding hydrogens is 128 g/mol. The van der Waals surface area contributed by atoms with Crippen LogP contribution in [0.3, 0.4) is 0 Å². The largest absolute Gasteiger partial charge is 0.392 e. The molecule has 0 aromatic rings. The second kappa shape index (κ2) is 2.67. The Labute approximate surface area is 53.4 Å². The molecule has 1 aliphatic heterocycles. The van der Waals surface area contributed by atoms with Crippen LogP contribution in [0.1, 0.15) is 6.42 Å². The molecule has 2 atom stereocenters. The molecule has 0 spiro atoms. The lowest BCUT2D eigenvalue weighted by Crippen LogP contribution is -2.10. The Morgan fingerprint density at radius 2 is 2.50 bits per heavy atom. The molecule has 1 aliphatic rings. The molecule has 0 aromatic heterocycles. The Bertz CT molecular complexity index is 72.8. The lowest BCUT2D eigenvalue weighted by atomic mass is 10.2. The summed E-state index contributed by atoms with van der Waals surface area (Å²) in [4.78, 5) is 0. The van der Waals surface area contributed by atoms with E-state index in [1.165, 1.54) is 0 Å². The van der Waals surface area contributed by atoms with Gasteiger partial charge in [0.05, 0.1) is 18.8 Å². The number of epoxide rings is 1. The molecule has 2 nitrogen and oxygen atoms in total. The zero-order valence-electron chi connectivity index (χ0n) is 4.51. The molecule has 0 saturated carbocycles. The van der Waals surface area contributed by atoms with Gasteiger partial charge in [-0.2, -0.15) is 0 Å². The zero-order valence-corrected chi connectivity index (χ0v) is 5.27. The summed E-state index contributed by atoms with van der Waals surface area (Å²) in [7, 11) is 0. The zero-order chi connectivity index (χ0) is 5.98. The van der Waals surface area contributed by atoms with E-state index in [2.05, 4.69) is 0 Å². The van der Waals surface area contributed by atoms with Gasteiger partial charge in [0.1, 0.15) is 0 Å². The van der Waals surface area contributed by atoms with E-state index in [0.717, 1.165) is 6.61 Å². The Kier molecular flexibility index (Phi) is 2.11. The van der Waals surface area contributed by atoms with Crippen LogP contribution in [0.5, 0.6) is 0 Å². The highest BCUT2D eigenvalue weighted by atomic mass is 35.5. The van der Waals surface area contributed by atoms with E-state index < -0.39 is 0 Å². The Hall–Kier alpha value is 0.210. The third-order valence-electron chi connectivity index (χ3n) is 1.12. The number of hydrogen-bond acceptors (Lipinski definition) is 2. The highest BCUT2D eigenvalue weighted by molar-refractivity contribution is 6.18. The minimum absolute atomic E-state index is 0.295. The molecular formula is C5H9ClO2. The molecule has 0 aliphatic carbocycles. The quantitative estimate of drug-likeness (QED) is 0.449. The number of rotatable bonds is 3. The summed E-state index contributed by atoms with van der Waals surface area (Å²) in [6.45, 7) is 0.800. The smallest absolute Gasteiger partial charge is 0.0835 e. The molecule has 0 amide bonds. The first-order valence-corrected chi connectivity index (χ1v) is 3.22. The van der Waals surface area contributed by atoms with E-state index in [1.807, 2.05) is 0 Å². The third-order valence-corrected chi connectivity index (χ3v) is 1.47. The number of halogens is 1. The summed E-state index contributed by atoms with van der Waals surface area (Å²) >= 11 is 5.32. The van der Waals surface area contributed by atoms with Crippen molar-refractivity contribution < 1.29 is 9.84 Å². The summed E-state index contributed by atoms with van der Waals surface area (Å²) in [5.74, 6) is 0.319. The van der Waals surface area contributed by atoms with E-state index in [-0.39, 0.29) is 6.10 Å². The molecule has 0 radical (unpaired) electrons. The van der Waals surface area contributed by atoms with Gasteiger partial charge in [-0.05, 0) is 0 Å². The van der Waals surface area contributed by atoms with Gasteiger partial charge in [0.2, 0.25) is 0 Å². The van der Waals surface area contributed by atoms with Crippen molar-refractivity contribution >= 4 is 11.6 Å². The van der Waals surface area contributed by atoms with Crippen LogP contribution in [-0.4, -0.2) is 29.8 Å². The van der Waals surface area contributed by atoms with Gasteiger partial charge in [-0.3, -0.25) is 0 Å². The van der Waals surface area contributed by atoms with Crippen LogP contribution < -0.4 is 0 Å². The fraction of sp³-hybridized carbons (Fsp3) is 1.00. The van der Waals surface area contributed by atoms with Crippen molar-refractivity contribution in [3.8, 4) is 0 Å². The molecule has 1 N–H and O–H groups in total. The predicted octanol–water partition coefficient (Wildman–Crippen LogP) is 0.375. The minimum atomic E-state index is -0.371. The van der Waals surface area contributed by atoms with Crippen LogP contribution >= 0.6 is 11.6 Å². The molecule has 1 saturated heterocycles. The van der Waals surface area contributed by atoms with Crippen molar-refractivity contribution in [2.45, 2.75) is 18.6 Å². The molecule has 1 fully saturated rings. The van der Waals surface area contributed by atoms with Gasteiger partial charge >= 0.3 is 0 Å². The van der Waals surface area contributed by atoms with E-state index in [9.17, 15) is 0 Å². The Morgan fingerprint density at radius 1 is 1.88 bits per heavy atom. The lowest BCUT2D eigenvalue weighted by molar-refractivity contribution is 0.173. The molecule has 0 unspecified atom stereocenters. The molecule has 0 bridgehead atoms. The Morgan fingerprint density at radius 3 is 2.88 bits per heavy atom. The van der Waals surface area contributed by atoms with Crippen molar-refractivity contribution in [2.75, 3.05) is 12.5 Å². The van der Waals surface area contributed by atoms with Gasteiger partial charge in [0.25, 0.3) is 0 Å². The summed E-state index contributed by atoms with van der Waals surface area (Å²) in [6.07, 6.45) is 0.622. The van der Waals surface area contributed by atoms with E-state index in [1.54, 1.807) is 0 Å². The summed E-state index contributed by atoms with van der Waals surface area (Å²) in [5.41, 5.74) is 0. The minimum Gasteiger partial charge on any atom is -0.392 e. The van der Waals surface area contributed by atoms with E-state index >= 15 is 0 Å². The second-order valence-electron chi connectivity index (χ2n) is 2.00. The Balaban J connectivity index is 1.98. The van der Waals surface area contributed by atoms with Crippen LogP contribution in [0.4, 0.5) is 0 Å². The van der Waals surface area contributed by atoms with Crippen LogP contribution in [-0.2, 0) is 4.74 Å². The first-order valence-electron chi connectivity index (χ1n) is 2.68. The third kappa shape index (κ3) is 1.99. The number of ether oxygens (including phenoxy) is 1. The first-order chi connectivity index (χ1) is 3.83. The van der Waals surface area contributed by atoms with Crippen LogP contribution in [0.2, 0.25) is 0 Å². The van der Waals surface area contributed by atoms with Gasteiger partial charge in [-0.1, -0.05) is 0 Å². The normalized spacial score (nSPS) is 30.0. The fourth-order valence-electron chi connectivity index (χ4n) is 0.571. The van der Waals surface area contributed by atoms with E-state index in [4.69, 9.17) is 21.4 Å². The van der Waals surface area contributed by atoms with Crippen molar-refractivity contribution in [1.29, 1.82) is 0 Å². The van der Waals surface area contributed by atoms with E-state index in [0.29, 0.717) is 18.4 Å². The second-order valence-corrected chi connectivity index (χ2v) is 2.31. The number of aliphatic hydroxyl groups excluding tert-OH is 1. The summed E-state index contributed by atoms with van der Waals surface area (Å²) in [5, 5.41) is 8.86. The number of alkyl halides is 1. The highest BCUT2D eigenvalue weighted by Gasteiger charge is 2.24. The monoisotopic (exact) mass is 136 g/mol. The SMILES string of the molecule is O[C@H](CCl)C[C@@H]1CO1. The average Bonchev–Trinajstić information content (AvgIpc) is 2.50. The maximum atomic E-state index is 8.86. The van der Waals surface area contributed by atoms with Crippen LogP contribution in [0.15, 0.2) is 0 Å². The number of hydrogen-bond donors (Lipinski definition) is 1. The van der Waals surface area contributed by atoms with Crippen molar-refractivity contribution in [3.63, 3.8) is 0 Å². The lowest BCUT2D eigenvalue weighted by Gasteiger charge is -2.00. The van der Waals surface area contributed by atoms with Crippen LogP contribution in [0, 0.1) is 0 Å². The number of aliphatic hydroxyl groups is 1. The maximum absolute atomic E-state index is 8.86. The average molecular weight is 137 g/mol. The first kappa shape index (κ1) is 6.33. The van der Waals surface area contributed by atoms with Crippen molar-refractivity contribution in [3.05, 3.63) is 0 Å². The highest BCUT2D eigenvalue weighted by Crippen LogP contribution is 2.15. The predicted molar refractivity (Wildman–Crippen MR) is 31.1 cm³/mol. The molecule has 1 rings (SSSR count). The fourth-order valence-corrected chi connectivity index (χ4v) is 0.697. The van der Waals surface area contributed by atoms with Gasteiger partial charge < -0.3 is 9.84 Å². The summed E-state index contributed by atoms with van der Waals surface area (Å²) in [6, 6.07) is 0. The van der Waals surface area contributed by atoms with Gasteiger partial charge in [0.15, 0.2) is 0 Å². The molecule has 8 heavy (non-hydrogen) atoms. The van der Waals surface area contributed by atoms with Gasteiger partial charge in [-0.15, -0.1) is 11.6 Å². The molecule has 1 heterocycles. The molecule has 3 heteroatoms. The van der Waals surface area contributed by atoms with Gasteiger partial charge in [0, 0.05) is 12.3 Å². The summed E-state index contributed by atoms with van der Waals surface area (Å²) < 4.78 is 4.86. The molecule has 0 aromatic carbocycles. The standard InChI is InChI=1S/C5H9ClO2/c6-2-4(7)1-5-3-8-5/h4-5,7H,1-3H2/t4-,5+/m0/s1. The van der Waals surface area contributed by atoms with Crippen molar-refractivity contribution in [2.24, 2.45) is 0 Å². The van der Waals surface area contributed by atoms with Crippen LogP contribution in [0.25, 0.3) is 0 Å². The van der Waals surface area contributed by atoms with Gasteiger partial charge in [-0.25, -0.2) is 0 Å².